The van der Waals surface area contributed by atoms with Gasteiger partial charge >= 0.3 is 5.76 Å². The summed E-state index contributed by atoms with van der Waals surface area (Å²) >= 11 is 0. The van der Waals surface area contributed by atoms with E-state index in [2.05, 4.69) is 24.4 Å². The van der Waals surface area contributed by atoms with Gasteiger partial charge < -0.3 is 9.73 Å². The van der Waals surface area contributed by atoms with Crippen molar-refractivity contribution in [2.45, 2.75) is 32.2 Å². The third-order valence-corrected chi connectivity index (χ3v) is 4.33. The van der Waals surface area contributed by atoms with Gasteiger partial charge in [-0.1, -0.05) is 49.4 Å². The smallest absolute Gasteiger partial charge is 0.408 e. The predicted molar refractivity (Wildman–Crippen MR) is 97.6 cm³/mol. The maximum atomic E-state index is 12.0. The number of carbonyl (C=O) groups excluding carboxylic acids is 1. The molecule has 3 rings (SSSR count). The van der Waals surface area contributed by atoms with Gasteiger partial charge in [-0.2, -0.15) is 0 Å². The van der Waals surface area contributed by atoms with Gasteiger partial charge in [0.05, 0.1) is 5.52 Å². The molecule has 5 nitrogen and oxygen atoms in total. The molecule has 1 aromatic heterocycles. The minimum atomic E-state index is -0.376. The second-order valence-corrected chi connectivity index (χ2v) is 6.21. The van der Waals surface area contributed by atoms with Gasteiger partial charge in [-0.15, -0.1) is 0 Å². The number of carbonyl (C=O) groups is 1. The highest BCUT2D eigenvalue weighted by molar-refractivity contribution is 5.76. The normalized spacial score (nSPS) is 12.2. The van der Waals surface area contributed by atoms with Crippen LogP contribution in [0, 0.1) is 0 Å². The first-order valence-corrected chi connectivity index (χ1v) is 8.55. The molecule has 5 heteroatoms. The summed E-state index contributed by atoms with van der Waals surface area (Å²) < 4.78 is 6.77. The van der Waals surface area contributed by atoms with Crippen molar-refractivity contribution >= 4 is 17.0 Å². The van der Waals surface area contributed by atoms with Gasteiger partial charge in [0.25, 0.3) is 0 Å². The fourth-order valence-electron chi connectivity index (χ4n) is 2.88. The molecular weight excluding hydrogens is 316 g/mol. The molecule has 25 heavy (non-hydrogen) atoms. The highest BCUT2D eigenvalue weighted by atomic mass is 16.4. The number of rotatable bonds is 7. The summed E-state index contributed by atoms with van der Waals surface area (Å²) in [5.74, 6) is -0.103. The van der Waals surface area contributed by atoms with Crippen LogP contribution in [0.15, 0.2) is 63.8 Å². The average molecular weight is 338 g/mol. The topological polar surface area (TPSA) is 64.2 Å². The molecule has 1 atom stereocenters. The number of aromatic nitrogens is 1. The van der Waals surface area contributed by atoms with E-state index >= 15 is 0 Å². The fraction of sp³-hybridized carbons (Fsp3) is 0.300. The zero-order valence-electron chi connectivity index (χ0n) is 14.3. The van der Waals surface area contributed by atoms with Gasteiger partial charge in [0.15, 0.2) is 5.58 Å². The molecule has 0 fully saturated rings. The maximum Gasteiger partial charge on any atom is 0.419 e. The van der Waals surface area contributed by atoms with E-state index in [9.17, 15) is 9.59 Å². The van der Waals surface area contributed by atoms with Gasteiger partial charge in [0, 0.05) is 19.5 Å². The highest BCUT2D eigenvalue weighted by Crippen LogP contribution is 2.14. The molecule has 0 saturated carbocycles. The van der Waals surface area contributed by atoms with Crippen molar-refractivity contribution in [2.24, 2.45) is 0 Å². The van der Waals surface area contributed by atoms with Crippen molar-refractivity contribution in [3.8, 4) is 0 Å². The Morgan fingerprint density at radius 3 is 2.64 bits per heavy atom. The SMILES string of the molecule is C[C@H](CNC(=O)CCCn1c(=O)oc2ccccc21)c1ccccc1. The van der Waals surface area contributed by atoms with Crippen LogP contribution in [0.4, 0.5) is 0 Å². The van der Waals surface area contributed by atoms with E-state index in [0.717, 1.165) is 5.52 Å². The molecule has 3 aromatic rings. The lowest BCUT2D eigenvalue weighted by atomic mass is 10.0. The first-order chi connectivity index (χ1) is 12.1. The lowest BCUT2D eigenvalue weighted by Crippen LogP contribution is -2.27. The van der Waals surface area contributed by atoms with Crippen molar-refractivity contribution in [3.05, 3.63) is 70.7 Å². The van der Waals surface area contributed by atoms with E-state index in [-0.39, 0.29) is 17.6 Å². The van der Waals surface area contributed by atoms with E-state index in [0.29, 0.717) is 31.5 Å². The Morgan fingerprint density at radius 1 is 1.12 bits per heavy atom. The van der Waals surface area contributed by atoms with Gasteiger partial charge in [-0.3, -0.25) is 9.36 Å². The van der Waals surface area contributed by atoms with Gasteiger partial charge in [0.2, 0.25) is 5.91 Å². The van der Waals surface area contributed by atoms with Crippen molar-refractivity contribution in [3.63, 3.8) is 0 Å². The molecule has 1 N–H and O–H groups in total. The van der Waals surface area contributed by atoms with Crippen LogP contribution in [0.25, 0.3) is 11.1 Å². The maximum absolute atomic E-state index is 12.0. The Balaban J connectivity index is 1.48. The molecule has 0 saturated heterocycles. The molecule has 0 unspecified atom stereocenters. The highest BCUT2D eigenvalue weighted by Gasteiger charge is 2.10. The molecule has 1 amide bonds. The van der Waals surface area contributed by atoms with Gasteiger partial charge in [0.1, 0.15) is 0 Å². The van der Waals surface area contributed by atoms with Crippen LogP contribution in [-0.4, -0.2) is 17.0 Å². The van der Waals surface area contributed by atoms with Crippen LogP contribution < -0.4 is 11.1 Å². The van der Waals surface area contributed by atoms with E-state index in [1.54, 1.807) is 10.6 Å². The molecule has 2 aromatic carbocycles. The lowest BCUT2D eigenvalue weighted by molar-refractivity contribution is -0.121. The van der Waals surface area contributed by atoms with E-state index in [1.165, 1.54) is 5.56 Å². The molecule has 0 aliphatic rings. The van der Waals surface area contributed by atoms with E-state index in [4.69, 9.17) is 4.42 Å². The molecule has 0 spiro atoms. The zero-order valence-corrected chi connectivity index (χ0v) is 14.3. The first-order valence-electron chi connectivity index (χ1n) is 8.55. The van der Waals surface area contributed by atoms with Crippen LogP contribution in [0.5, 0.6) is 0 Å². The van der Waals surface area contributed by atoms with Crippen molar-refractivity contribution in [1.29, 1.82) is 0 Å². The quantitative estimate of drug-likeness (QED) is 0.719. The van der Waals surface area contributed by atoms with Crippen LogP contribution in [0.2, 0.25) is 0 Å². The molecule has 0 bridgehead atoms. The number of hydrogen-bond acceptors (Lipinski definition) is 3. The molecular formula is C20H22N2O3. The standard InChI is InChI=1S/C20H22N2O3/c1-15(16-8-3-2-4-9-16)14-21-19(23)12-7-13-22-17-10-5-6-11-18(17)25-20(22)24/h2-6,8-11,15H,7,12-14H2,1H3,(H,21,23)/t15-/m1/s1. The van der Waals surface area contributed by atoms with Gasteiger partial charge in [-0.25, -0.2) is 4.79 Å². The van der Waals surface area contributed by atoms with Crippen molar-refractivity contribution in [2.75, 3.05) is 6.54 Å². The number of fused-ring (bicyclic) bond motifs is 1. The summed E-state index contributed by atoms with van der Waals surface area (Å²) in [5, 5.41) is 2.96. The van der Waals surface area contributed by atoms with Gasteiger partial charge in [-0.05, 0) is 30.0 Å². The Labute approximate surface area is 146 Å². The monoisotopic (exact) mass is 338 g/mol. The summed E-state index contributed by atoms with van der Waals surface area (Å²) in [4.78, 5) is 23.9. The third kappa shape index (κ3) is 4.18. The van der Waals surface area contributed by atoms with Crippen molar-refractivity contribution in [1.82, 2.24) is 9.88 Å². The van der Waals surface area contributed by atoms with Crippen LogP contribution in [-0.2, 0) is 11.3 Å². The van der Waals surface area contributed by atoms with Crippen molar-refractivity contribution < 1.29 is 9.21 Å². The van der Waals surface area contributed by atoms with E-state index < -0.39 is 0 Å². The molecule has 130 valence electrons. The Morgan fingerprint density at radius 2 is 1.84 bits per heavy atom. The minimum Gasteiger partial charge on any atom is -0.408 e. The number of amides is 1. The molecule has 1 heterocycles. The van der Waals surface area contributed by atoms with Crippen LogP contribution >= 0.6 is 0 Å². The molecule has 0 aliphatic heterocycles. The average Bonchev–Trinajstić information content (AvgIpc) is 2.96. The number of aryl methyl sites for hydroxylation is 1. The molecule has 0 aliphatic carbocycles. The largest absolute Gasteiger partial charge is 0.419 e. The fourth-order valence-corrected chi connectivity index (χ4v) is 2.88. The number of oxazole rings is 1. The summed E-state index contributed by atoms with van der Waals surface area (Å²) in [6.45, 7) is 3.17. The Hall–Kier alpha value is -2.82. The first kappa shape index (κ1) is 17.0. The lowest BCUT2D eigenvalue weighted by Gasteiger charge is -2.13. The minimum absolute atomic E-state index is 0.00336. The van der Waals surface area contributed by atoms with Crippen LogP contribution in [0.1, 0.15) is 31.2 Å². The number of nitrogens with one attached hydrogen (secondary N) is 1. The summed E-state index contributed by atoms with van der Waals surface area (Å²) in [6.07, 6.45) is 0.975. The second kappa shape index (κ2) is 7.83. The Kier molecular flexibility index (Phi) is 5.33. The zero-order chi connectivity index (χ0) is 17.6. The third-order valence-electron chi connectivity index (χ3n) is 4.33. The number of benzene rings is 2. The van der Waals surface area contributed by atoms with Crippen LogP contribution in [0.3, 0.4) is 0 Å². The number of nitrogens with zero attached hydrogens (tertiary/aromatic N) is 1. The number of para-hydroxylation sites is 2. The summed E-state index contributed by atoms with van der Waals surface area (Å²) in [6, 6.07) is 17.4. The summed E-state index contributed by atoms with van der Waals surface area (Å²) in [5.41, 5.74) is 2.55. The predicted octanol–water partition coefficient (Wildman–Crippen LogP) is 3.29. The van der Waals surface area contributed by atoms with E-state index in [1.807, 2.05) is 36.4 Å². The number of hydrogen-bond donors (Lipinski definition) is 1. The molecule has 0 radical (unpaired) electrons. The Bertz CT molecular complexity index is 896. The second-order valence-electron chi connectivity index (χ2n) is 6.21. The summed E-state index contributed by atoms with van der Waals surface area (Å²) in [7, 11) is 0.